The first-order valence-electron chi connectivity index (χ1n) is 7.31. The lowest BCUT2D eigenvalue weighted by Gasteiger charge is -2.24. The molecule has 1 aromatic carbocycles. The minimum atomic E-state index is -3.93. The van der Waals surface area contributed by atoms with E-state index in [2.05, 4.69) is 20.2 Å². The number of hydrogen-bond acceptors (Lipinski definition) is 6. The summed E-state index contributed by atoms with van der Waals surface area (Å²) in [6.45, 7) is 0. The number of rotatable bonds is 4. The minimum Gasteiger partial charge on any atom is -0.379 e. The van der Waals surface area contributed by atoms with E-state index in [0.717, 1.165) is 24.6 Å². The van der Waals surface area contributed by atoms with Crippen molar-refractivity contribution in [3.63, 3.8) is 0 Å². The highest BCUT2D eigenvalue weighted by Gasteiger charge is 2.30. The number of aromatic amines is 1. The van der Waals surface area contributed by atoms with Gasteiger partial charge >= 0.3 is 10.1 Å². The fourth-order valence-electron chi connectivity index (χ4n) is 2.65. The smallest absolute Gasteiger partial charge is 0.342 e. The van der Waals surface area contributed by atoms with Crippen LogP contribution in [0.3, 0.4) is 0 Å². The Morgan fingerprint density at radius 3 is 2.87 bits per heavy atom. The van der Waals surface area contributed by atoms with Gasteiger partial charge < -0.3 is 4.18 Å². The summed E-state index contributed by atoms with van der Waals surface area (Å²) in [5.41, 5.74) is 1.26. The molecule has 8 heteroatoms. The van der Waals surface area contributed by atoms with Crippen LogP contribution in [0, 0.1) is 0 Å². The van der Waals surface area contributed by atoms with Crippen molar-refractivity contribution in [3.05, 3.63) is 42.6 Å². The molecule has 0 bridgehead atoms. The summed E-state index contributed by atoms with van der Waals surface area (Å²) in [7, 11) is -3.93. The summed E-state index contributed by atoms with van der Waals surface area (Å²) in [6.07, 6.45) is 7.42. The highest BCUT2D eigenvalue weighted by Crippen LogP contribution is 2.38. The summed E-state index contributed by atoms with van der Waals surface area (Å²) < 4.78 is 30.4. The lowest BCUT2D eigenvalue weighted by molar-refractivity contribution is 0.402. The normalized spacial score (nSPS) is 15.5. The molecule has 0 aliphatic heterocycles. The fourth-order valence-corrected chi connectivity index (χ4v) is 3.76. The van der Waals surface area contributed by atoms with E-state index in [1.54, 1.807) is 24.4 Å². The van der Waals surface area contributed by atoms with E-state index >= 15 is 0 Å². The Labute approximate surface area is 132 Å². The maximum absolute atomic E-state index is 12.5. The maximum atomic E-state index is 12.5. The number of benzene rings is 1. The molecule has 3 aromatic rings. The molecule has 118 valence electrons. The predicted octanol–water partition coefficient (Wildman–Crippen LogP) is 2.39. The van der Waals surface area contributed by atoms with Crippen LogP contribution in [0.2, 0.25) is 0 Å². The van der Waals surface area contributed by atoms with Crippen molar-refractivity contribution in [1.82, 2.24) is 20.2 Å². The molecular formula is C15H14N4O3S. The number of aromatic nitrogens is 4. The molecule has 7 nitrogen and oxygen atoms in total. The molecule has 0 unspecified atom stereocenters. The summed E-state index contributed by atoms with van der Waals surface area (Å²) >= 11 is 0. The third-order valence-corrected chi connectivity index (χ3v) is 5.38. The van der Waals surface area contributed by atoms with E-state index < -0.39 is 10.1 Å². The largest absolute Gasteiger partial charge is 0.379 e. The molecule has 4 rings (SSSR count). The third-order valence-electron chi connectivity index (χ3n) is 4.10. The van der Waals surface area contributed by atoms with Gasteiger partial charge in [-0.05, 0) is 25.0 Å². The second kappa shape index (κ2) is 5.31. The Bertz CT molecular complexity index is 964. The van der Waals surface area contributed by atoms with Gasteiger partial charge in [0, 0.05) is 23.6 Å². The Hall–Kier alpha value is -2.48. The van der Waals surface area contributed by atoms with Gasteiger partial charge in [0.1, 0.15) is 17.0 Å². The summed E-state index contributed by atoms with van der Waals surface area (Å²) in [5.74, 6) is 0.437. The van der Waals surface area contributed by atoms with Crippen molar-refractivity contribution in [2.75, 3.05) is 0 Å². The summed E-state index contributed by atoms with van der Waals surface area (Å²) in [5, 5.41) is 7.49. The standard InChI is InChI=1S/C15H14N4O3S/c20-23(21,14-8-18-19-15(14)10-2-1-3-10)22-12-5-4-11-7-16-9-17-13(11)6-12/h4-10H,1-3H2,(H,18,19). The molecule has 2 aromatic heterocycles. The highest BCUT2D eigenvalue weighted by atomic mass is 32.2. The summed E-state index contributed by atoms with van der Waals surface area (Å²) in [6, 6.07) is 4.90. The van der Waals surface area contributed by atoms with Crippen LogP contribution in [0.15, 0.2) is 41.8 Å². The number of H-pyrrole nitrogens is 1. The van der Waals surface area contributed by atoms with Gasteiger partial charge in [0.25, 0.3) is 0 Å². The monoisotopic (exact) mass is 330 g/mol. The molecule has 0 amide bonds. The van der Waals surface area contributed by atoms with Gasteiger partial charge in [0.05, 0.1) is 17.4 Å². The van der Waals surface area contributed by atoms with E-state index in [9.17, 15) is 8.42 Å². The van der Waals surface area contributed by atoms with E-state index in [0.29, 0.717) is 11.2 Å². The van der Waals surface area contributed by atoms with Crippen molar-refractivity contribution in [2.45, 2.75) is 30.1 Å². The zero-order valence-corrected chi connectivity index (χ0v) is 13.0. The van der Waals surface area contributed by atoms with Gasteiger partial charge in [-0.3, -0.25) is 5.10 Å². The Balaban J connectivity index is 1.67. The van der Waals surface area contributed by atoms with Gasteiger partial charge in [0.2, 0.25) is 0 Å². The fraction of sp³-hybridized carbons (Fsp3) is 0.267. The highest BCUT2D eigenvalue weighted by molar-refractivity contribution is 7.87. The number of hydrogen-bond donors (Lipinski definition) is 1. The van der Waals surface area contributed by atoms with Crippen molar-refractivity contribution < 1.29 is 12.6 Å². The zero-order chi connectivity index (χ0) is 15.9. The van der Waals surface area contributed by atoms with Crippen LogP contribution in [0.25, 0.3) is 10.9 Å². The Morgan fingerprint density at radius 2 is 2.09 bits per heavy atom. The van der Waals surface area contributed by atoms with Gasteiger partial charge in [-0.25, -0.2) is 9.97 Å². The van der Waals surface area contributed by atoms with Crippen molar-refractivity contribution in [2.24, 2.45) is 0 Å². The lowest BCUT2D eigenvalue weighted by atomic mass is 9.83. The SMILES string of the molecule is O=S(=O)(Oc1ccc2cncnc2c1)c1cn[nH]c1C1CCC1. The second-order valence-electron chi connectivity index (χ2n) is 5.56. The van der Waals surface area contributed by atoms with Crippen LogP contribution < -0.4 is 4.18 Å². The molecule has 0 saturated heterocycles. The first-order valence-corrected chi connectivity index (χ1v) is 8.72. The van der Waals surface area contributed by atoms with Gasteiger partial charge in [0.15, 0.2) is 0 Å². The number of fused-ring (bicyclic) bond motifs is 1. The van der Waals surface area contributed by atoms with Crippen LogP contribution in [0.5, 0.6) is 5.75 Å². The van der Waals surface area contributed by atoms with Gasteiger partial charge in [-0.15, -0.1) is 0 Å². The van der Waals surface area contributed by atoms with E-state index in [1.807, 2.05) is 0 Å². The first-order chi connectivity index (χ1) is 11.1. The van der Waals surface area contributed by atoms with Crippen LogP contribution in [-0.2, 0) is 10.1 Å². The molecule has 1 fully saturated rings. The van der Waals surface area contributed by atoms with E-state index in [-0.39, 0.29) is 16.6 Å². The van der Waals surface area contributed by atoms with Gasteiger partial charge in [-0.2, -0.15) is 13.5 Å². The van der Waals surface area contributed by atoms with Gasteiger partial charge in [-0.1, -0.05) is 6.42 Å². The Morgan fingerprint density at radius 1 is 1.22 bits per heavy atom. The molecule has 0 radical (unpaired) electrons. The number of nitrogens with zero attached hydrogens (tertiary/aromatic N) is 3. The number of nitrogens with one attached hydrogen (secondary N) is 1. The van der Waals surface area contributed by atoms with E-state index in [1.165, 1.54) is 12.5 Å². The first kappa shape index (κ1) is 14.1. The summed E-state index contributed by atoms with van der Waals surface area (Å²) in [4.78, 5) is 8.14. The molecule has 2 heterocycles. The zero-order valence-electron chi connectivity index (χ0n) is 12.1. The Kier molecular flexibility index (Phi) is 3.26. The average Bonchev–Trinajstić information content (AvgIpc) is 2.95. The lowest BCUT2D eigenvalue weighted by Crippen LogP contribution is -2.16. The van der Waals surface area contributed by atoms with Crippen molar-refractivity contribution in [1.29, 1.82) is 0 Å². The molecular weight excluding hydrogens is 316 g/mol. The molecule has 1 N–H and O–H groups in total. The quantitative estimate of drug-likeness (QED) is 0.738. The molecule has 1 saturated carbocycles. The van der Waals surface area contributed by atoms with Crippen molar-refractivity contribution in [3.8, 4) is 5.75 Å². The molecule has 1 aliphatic carbocycles. The predicted molar refractivity (Wildman–Crippen MR) is 82.5 cm³/mol. The molecule has 23 heavy (non-hydrogen) atoms. The van der Waals surface area contributed by atoms with Crippen LogP contribution >= 0.6 is 0 Å². The molecule has 1 aliphatic rings. The molecule has 0 atom stereocenters. The third kappa shape index (κ3) is 2.55. The maximum Gasteiger partial charge on any atom is 0.342 e. The van der Waals surface area contributed by atoms with E-state index in [4.69, 9.17) is 4.18 Å². The topological polar surface area (TPSA) is 97.8 Å². The second-order valence-corrected chi connectivity index (χ2v) is 7.07. The van der Waals surface area contributed by atoms with Crippen LogP contribution in [0.1, 0.15) is 30.9 Å². The minimum absolute atomic E-state index is 0.116. The average molecular weight is 330 g/mol. The van der Waals surface area contributed by atoms with Crippen molar-refractivity contribution >= 4 is 21.0 Å². The molecule has 0 spiro atoms. The van der Waals surface area contributed by atoms with Crippen LogP contribution in [0.4, 0.5) is 0 Å². The van der Waals surface area contributed by atoms with Crippen LogP contribution in [-0.4, -0.2) is 28.6 Å².